The highest BCUT2D eigenvalue weighted by Crippen LogP contribution is 2.22. The van der Waals surface area contributed by atoms with Gasteiger partial charge in [0.25, 0.3) is 0 Å². The first kappa shape index (κ1) is 14.0. The summed E-state index contributed by atoms with van der Waals surface area (Å²) in [5.74, 6) is 0.726. The molecule has 1 unspecified atom stereocenters. The normalized spacial score (nSPS) is 12.3. The van der Waals surface area contributed by atoms with E-state index in [1.165, 1.54) is 0 Å². The monoisotopic (exact) mass is 343 g/mol. The van der Waals surface area contributed by atoms with Crippen LogP contribution < -0.4 is 4.74 Å². The molecule has 0 aliphatic carbocycles. The zero-order valence-corrected chi connectivity index (χ0v) is 12.8. The Balaban J connectivity index is 1.71. The lowest BCUT2D eigenvalue weighted by Crippen LogP contribution is -2.09. The third kappa shape index (κ3) is 3.40. The van der Waals surface area contributed by atoms with Crippen molar-refractivity contribution in [2.75, 3.05) is 6.61 Å². The minimum atomic E-state index is -0.660. The second-order valence-electron chi connectivity index (χ2n) is 4.77. The fraction of sp³-hybridized carbons (Fsp3) is 0.118. The Bertz CT molecular complexity index is 760. The van der Waals surface area contributed by atoms with E-state index in [1.807, 2.05) is 48.5 Å². The number of ether oxygens (including phenoxy) is 1. The highest BCUT2D eigenvalue weighted by Gasteiger charge is 2.09. The van der Waals surface area contributed by atoms with Crippen molar-refractivity contribution in [2.24, 2.45) is 0 Å². The summed E-state index contributed by atoms with van der Waals surface area (Å²) < 4.78 is 6.62. The zero-order chi connectivity index (χ0) is 14.7. The van der Waals surface area contributed by atoms with Crippen molar-refractivity contribution < 1.29 is 9.84 Å². The molecule has 0 saturated carbocycles. The van der Waals surface area contributed by atoms with Crippen LogP contribution in [0.5, 0.6) is 5.75 Å². The van der Waals surface area contributed by atoms with Crippen molar-refractivity contribution in [1.29, 1.82) is 0 Å². The van der Waals surface area contributed by atoms with Gasteiger partial charge in [0.15, 0.2) is 0 Å². The summed E-state index contributed by atoms with van der Waals surface area (Å²) in [6.45, 7) is 0.211. The third-order valence-electron chi connectivity index (χ3n) is 3.25. The van der Waals surface area contributed by atoms with Crippen LogP contribution in [-0.4, -0.2) is 16.7 Å². The van der Waals surface area contributed by atoms with Gasteiger partial charge in [0.1, 0.15) is 18.5 Å². The summed E-state index contributed by atoms with van der Waals surface area (Å²) in [5, 5.41) is 12.3. The van der Waals surface area contributed by atoms with Gasteiger partial charge in [-0.15, -0.1) is 0 Å². The number of hydrogen-bond acceptors (Lipinski definition) is 3. The van der Waals surface area contributed by atoms with Gasteiger partial charge in [0, 0.05) is 22.3 Å². The molecular weight excluding hydrogens is 330 g/mol. The Morgan fingerprint density at radius 3 is 2.86 bits per heavy atom. The Morgan fingerprint density at radius 2 is 2.00 bits per heavy atom. The first-order valence-electron chi connectivity index (χ1n) is 6.62. The molecule has 0 aliphatic rings. The van der Waals surface area contributed by atoms with Crippen molar-refractivity contribution in [3.05, 3.63) is 71.0 Å². The van der Waals surface area contributed by atoms with Gasteiger partial charge in [0.2, 0.25) is 0 Å². The predicted octanol–water partition coefficient (Wildman–Crippen LogP) is 4.11. The standard InChI is InChI=1S/C17H14BrNO2/c18-15-3-1-2-13(8-15)17(20)11-21-16-5-4-12-6-7-19-10-14(12)9-16/h1-10,17,20H,11H2. The van der Waals surface area contributed by atoms with Crippen molar-refractivity contribution in [3.8, 4) is 5.75 Å². The topological polar surface area (TPSA) is 42.4 Å². The van der Waals surface area contributed by atoms with Gasteiger partial charge in [-0.1, -0.05) is 34.1 Å². The molecule has 21 heavy (non-hydrogen) atoms. The van der Waals surface area contributed by atoms with E-state index >= 15 is 0 Å². The highest BCUT2D eigenvalue weighted by atomic mass is 79.9. The molecule has 1 aromatic heterocycles. The Kier molecular flexibility index (Phi) is 4.18. The number of rotatable bonds is 4. The smallest absolute Gasteiger partial charge is 0.120 e. The molecule has 0 fully saturated rings. The highest BCUT2D eigenvalue weighted by molar-refractivity contribution is 9.10. The molecule has 0 saturated heterocycles. The van der Waals surface area contributed by atoms with Crippen molar-refractivity contribution in [2.45, 2.75) is 6.10 Å². The second-order valence-corrected chi connectivity index (χ2v) is 5.68. The molecule has 0 spiro atoms. The maximum absolute atomic E-state index is 10.2. The Morgan fingerprint density at radius 1 is 1.10 bits per heavy atom. The molecule has 3 aromatic rings. The van der Waals surface area contributed by atoms with Gasteiger partial charge in [-0.05, 0) is 41.3 Å². The Hall–Kier alpha value is -1.91. The molecule has 0 aliphatic heterocycles. The number of pyridine rings is 1. The van der Waals surface area contributed by atoms with Crippen molar-refractivity contribution >= 4 is 26.7 Å². The lowest BCUT2D eigenvalue weighted by atomic mass is 10.1. The van der Waals surface area contributed by atoms with Gasteiger partial charge in [-0.25, -0.2) is 0 Å². The van der Waals surface area contributed by atoms with Crippen LogP contribution in [0.25, 0.3) is 10.8 Å². The minimum Gasteiger partial charge on any atom is -0.491 e. The van der Waals surface area contributed by atoms with E-state index in [4.69, 9.17) is 4.74 Å². The molecule has 1 N–H and O–H groups in total. The maximum atomic E-state index is 10.2. The van der Waals surface area contributed by atoms with E-state index in [0.717, 1.165) is 26.6 Å². The van der Waals surface area contributed by atoms with Crippen LogP contribution >= 0.6 is 15.9 Å². The molecule has 0 radical (unpaired) electrons. The number of fused-ring (bicyclic) bond motifs is 1. The zero-order valence-electron chi connectivity index (χ0n) is 11.2. The summed E-state index contributed by atoms with van der Waals surface area (Å²) in [7, 11) is 0. The number of aromatic nitrogens is 1. The number of halogens is 1. The second kappa shape index (κ2) is 6.24. The maximum Gasteiger partial charge on any atom is 0.120 e. The molecule has 106 valence electrons. The van der Waals surface area contributed by atoms with Gasteiger partial charge >= 0.3 is 0 Å². The quantitative estimate of drug-likeness (QED) is 0.775. The van der Waals surface area contributed by atoms with Gasteiger partial charge in [-0.2, -0.15) is 0 Å². The lowest BCUT2D eigenvalue weighted by molar-refractivity contribution is 0.108. The number of aliphatic hydroxyl groups is 1. The molecule has 4 heteroatoms. The van der Waals surface area contributed by atoms with E-state index in [2.05, 4.69) is 20.9 Å². The van der Waals surface area contributed by atoms with Crippen LogP contribution in [-0.2, 0) is 0 Å². The lowest BCUT2D eigenvalue weighted by Gasteiger charge is -2.13. The summed E-state index contributed by atoms with van der Waals surface area (Å²) in [6.07, 6.45) is 2.90. The summed E-state index contributed by atoms with van der Waals surface area (Å²) in [4.78, 5) is 4.10. The summed E-state index contributed by atoms with van der Waals surface area (Å²) >= 11 is 3.39. The fourth-order valence-corrected chi connectivity index (χ4v) is 2.56. The average Bonchev–Trinajstić information content (AvgIpc) is 2.52. The molecule has 0 amide bonds. The number of hydrogen-bond donors (Lipinski definition) is 1. The van der Waals surface area contributed by atoms with Crippen LogP contribution in [0.1, 0.15) is 11.7 Å². The van der Waals surface area contributed by atoms with E-state index in [1.54, 1.807) is 12.4 Å². The van der Waals surface area contributed by atoms with Crippen molar-refractivity contribution in [1.82, 2.24) is 4.98 Å². The first-order chi connectivity index (χ1) is 10.2. The largest absolute Gasteiger partial charge is 0.491 e. The van der Waals surface area contributed by atoms with Crippen LogP contribution in [0, 0.1) is 0 Å². The van der Waals surface area contributed by atoms with E-state index in [0.29, 0.717) is 0 Å². The fourth-order valence-electron chi connectivity index (χ4n) is 2.14. The molecule has 3 nitrogen and oxygen atoms in total. The summed E-state index contributed by atoms with van der Waals surface area (Å²) in [6, 6.07) is 15.3. The molecule has 1 heterocycles. The molecule has 0 bridgehead atoms. The Labute approximate surface area is 131 Å². The van der Waals surface area contributed by atoms with Crippen LogP contribution in [0.3, 0.4) is 0 Å². The third-order valence-corrected chi connectivity index (χ3v) is 3.75. The molecule has 2 aromatic carbocycles. The average molecular weight is 344 g/mol. The SMILES string of the molecule is OC(COc1ccc2ccncc2c1)c1cccc(Br)c1. The molecule has 1 atom stereocenters. The van der Waals surface area contributed by atoms with E-state index < -0.39 is 6.10 Å². The molecular formula is C17H14BrNO2. The summed E-state index contributed by atoms with van der Waals surface area (Å²) in [5.41, 5.74) is 0.826. The predicted molar refractivity (Wildman–Crippen MR) is 86.3 cm³/mol. The van der Waals surface area contributed by atoms with Crippen molar-refractivity contribution in [3.63, 3.8) is 0 Å². The number of benzene rings is 2. The van der Waals surface area contributed by atoms with E-state index in [-0.39, 0.29) is 6.61 Å². The van der Waals surface area contributed by atoms with Gasteiger partial charge in [-0.3, -0.25) is 4.98 Å². The van der Waals surface area contributed by atoms with Crippen LogP contribution in [0.2, 0.25) is 0 Å². The number of nitrogens with zero attached hydrogens (tertiary/aromatic N) is 1. The van der Waals surface area contributed by atoms with Crippen LogP contribution in [0.15, 0.2) is 65.4 Å². The van der Waals surface area contributed by atoms with E-state index in [9.17, 15) is 5.11 Å². The van der Waals surface area contributed by atoms with Gasteiger partial charge < -0.3 is 9.84 Å². The minimum absolute atomic E-state index is 0.211. The first-order valence-corrected chi connectivity index (χ1v) is 7.42. The molecule has 3 rings (SSSR count). The van der Waals surface area contributed by atoms with Gasteiger partial charge in [0.05, 0.1) is 0 Å². The van der Waals surface area contributed by atoms with Crippen LogP contribution in [0.4, 0.5) is 0 Å². The number of aliphatic hydroxyl groups excluding tert-OH is 1.